The average molecular weight is 899 g/mol. The predicted molar refractivity (Wildman–Crippen MR) is 236 cm³/mol. The van der Waals surface area contributed by atoms with Crippen molar-refractivity contribution < 1.29 is 51.4 Å². The molecule has 1 saturated heterocycles. The van der Waals surface area contributed by atoms with Gasteiger partial charge in [-0.1, -0.05) is 52.7 Å². The molecule has 5 aliphatic rings. The molecule has 1 aromatic carbocycles. The SMILES string of the molecule is C#C.C=O.CC1(C)CC1.CNC(=O)C12C[C@H]1/C=C\CCCCC[C@H](NC(=O)OCC(C)C)C(=O)N1C[C@@]3(CC(N(C)C)c4c(c(C(F)(F)F)nc5ccc(OC)cc45)O3)CC1C(=O)N2. The number of nitrogens with one attached hydrogen (secondary N) is 3. The second kappa shape index (κ2) is 21.1. The maximum Gasteiger partial charge on any atom is 0.437 e. The van der Waals surface area contributed by atoms with E-state index in [1.165, 1.54) is 38.0 Å². The highest BCUT2D eigenvalue weighted by molar-refractivity contribution is 5.98. The Balaban J connectivity index is 0.000000909. The summed E-state index contributed by atoms with van der Waals surface area (Å²) in [5, 5.41) is 8.71. The highest BCUT2D eigenvalue weighted by atomic mass is 19.4. The summed E-state index contributed by atoms with van der Waals surface area (Å²) in [4.78, 5) is 70.6. The third-order valence-corrected chi connectivity index (χ3v) is 12.4. The van der Waals surface area contributed by atoms with Gasteiger partial charge < -0.3 is 44.8 Å². The number of carbonyl (C=O) groups excluding carboxylic acids is 5. The van der Waals surface area contributed by atoms with Gasteiger partial charge in [-0.2, -0.15) is 13.2 Å². The zero-order chi connectivity index (χ0) is 47.8. The maximum absolute atomic E-state index is 14.9. The zero-order valence-corrected chi connectivity index (χ0v) is 38.4. The highest BCUT2D eigenvalue weighted by Crippen LogP contribution is 2.54. The van der Waals surface area contributed by atoms with Crippen molar-refractivity contribution in [1.29, 1.82) is 0 Å². The molecule has 1 aromatic heterocycles. The number of benzene rings is 1. The van der Waals surface area contributed by atoms with Crippen molar-refractivity contribution in [1.82, 2.24) is 30.7 Å². The second-order valence-electron chi connectivity index (χ2n) is 18.5. The number of alkyl halides is 3. The van der Waals surface area contributed by atoms with Crippen LogP contribution in [0.25, 0.3) is 10.9 Å². The number of carbonyl (C=O) groups is 5. The van der Waals surface area contributed by atoms with Crippen LogP contribution in [-0.4, -0.2) is 110 Å². The van der Waals surface area contributed by atoms with Crippen molar-refractivity contribution in [2.45, 2.75) is 127 Å². The molecule has 4 heterocycles. The molecule has 17 heteroatoms. The monoisotopic (exact) mass is 898 g/mol. The van der Waals surface area contributed by atoms with Crippen LogP contribution in [0.1, 0.15) is 109 Å². The van der Waals surface area contributed by atoms with Gasteiger partial charge in [0.25, 0.3) is 0 Å². The third-order valence-electron chi connectivity index (χ3n) is 12.4. The first-order valence-corrected chi connectivity index (χ1v) is 21.7. The summed E-state index contributed by atoms with van der Waals surface area (Å²) >= 11 is 0. The number of pyridine rings is 1. The lowest BCUT2D eigenvalue weighted by molar-refractivity contribution is -0.145. The Labute approximate surface area is 374 Å². The van der Waals surface area contributed by atoms with E-state index in [-0.39, 0.29) is 55.3 Å². The maximum atomic E-state index is 14.9. The Bertz CT molecular complexity index is 2050. The van der Waals surface area contributed by atoms with Crippen LogP contribution in [0.15, 0.2) is 30.4 Å². The van der Waals surface area contributed by atoms with Crippen molar-refractivity contribution in [2.24, 2.45) is 17.3 Å². The van der Waals surface area contributed by atoms with Crippen molar-refractivity contribution in [3.8, 4) is 24.3 Å². The van der Waals surface area contributed by atoms with E-state index in [0.717, 1.165) is 24.7 Å². The van der Waals surface area contributed by atoms with Crippen molar-refractivity contribution in [3.05, 3.63) is 41.6 Å². The lowest BCUT2D eigenvalue weighted by Gasteiger charge is -2.43. The average Bonchev–Trinajstić information content (AvgIpc) is 4.13. The summed E-state index contributed by atoms with van der Waals surface area (Å²) in [5.74, 6) is -1.93. The van der Waals surface area contributed by atoms with Crippen LogP contribution in [0.4, 0.5) is 18.0 Å². The molecule has 14 nitrogen and oxygen atoms in total. The normalized spacial score (nSPS) is 27.3. The van der Waals surface area contributed by atoms with Gasteiger partial charge in [0.05, 0.1) is 25.8 Å². The van der Waals surface area contributed by atoms with E-state index in [0.29, 0.717) is 24.0 Å². The third kappa shape index (κ3) is 11.8. The number of rotatable bonds is 6. The van der Waals surface area contributed by atoms with E-state index in [1.54, 1.807) is 31.1 Å². The summed E-state index contributed by atoms with van der Waals surface area (Å²) in [6.45, 7) is 10.2. The fourth-order valence-corrected chi connectivity index (χ4v) is 8.48. The van der Waals surface area contributed by atoms with Gasteiger partial charge in [0, 0.05) is 42.8 Å². The number of nitrogens with zero attached hydrogens (tertiary/aromatic N) is 3. The van der Waals surface area contributed by atoms with Gasteiger partial charge in [-0.25, -0.2) is 9.78 Å². The van der Waals surface area contributed by atoms with Crippen LogP contribution in [0.2, 0.25) is 0 Å². The van der Waals surface area contributed by atoms with E-state index in [2.05, 4.69) is 47.6 Å². The van der Waals surface area contributed by atoms with Crippen LogP contribution < -0.4 is 25.4 Å². The summed E-state index contributed by atoms with van der Waals surface area (Å²) in [5.41, 5.74) is -2.85. The summed E-state index contributed by atoms with van der Waals surface area (Å²) in [6.07, 6.45) is 12.5. The molecule has 352 valence electrons. The lowest BCUT2D eigenvalue weighted by Crippen LogP contribution is -2.57. The van der Waals surface area contributed by atoms with E-state index < -0.39 is 70.7 Å². The van der Waals surface area contributed by atoms with Crippen LogP contribution >= 0.6 is 0 Å². The number of aromatic nitrogens is 1. The van der Waals surface area contributed by atoms with Gasteiger partial charge >= 0.3 is 12.3 Å². The van der Waals surface area contributed by atoms with Gasteiger partial charge in [0.2, 0.25) is 17.7 Å². The summed E-state index contributed by atoms with van der Waals surface area (Å²) < 4.78 is 62.1. The van der Waals surface area contributed by atoms with Gasteiger partial charge in [0.1, 0.15) is 35.8 Å². The quantitative estimate of drug-likeness (QED) is 0.209. The minimum absolute atomic E-state index is 0.0399. The minimum atomic E-state index is -4.91. The van der Waals surface area contributed by atoms with E-state index in [1.807, 2.05) is 32.8 Å². The smallest absolute Gasteiger partial charge is 0.437 e. The molecule has 7 rings (SSSR count). The first kappa shape index (κ1) is 51.3. The number of likely N-dealkylation sites (N-methyl/N-ethyl adjacent to an activating group) is 1. The van der Waals surface area contributed by atoms with E-state index in [9.17, 15) is 32.3 Å². The summed E-state index contributed by atoms with van der Waals surface area (Å²) in [7, 11) is 6.43. The molecule has 64 heavy (non-hydrogen) atoms. The molecular weight excluding hydrogens is 834 g/mol. The molecule has 3 fully saturated rings. The van der Waals surface area contributed by atoms with Crippen LogP contribution in [0.3, 0.4) is 0 Å². The number of halogens is 3. The van der Waals surface area contributed by atoms with Gasteiger partial charge in [0.15, 0.2) is 11.4 Å². The highest BCUT2D eigenvalue weighted by Gasteiger charge is 2.62. The van der Waals surface area contributed by atoms with Gasteiger partial charge in [-0.3, -0.25) is 14.4 Å². The Morgan fingerprint density at radius 1 is 1.09 bits per heavy atom. The Hall–Kier alpha value is -5.37. The number of allylic oxidation sites excluding steroid dienone is 1. The van der Waals surface area contributed by atoms with Gasteiger partial charge in [-0.05, 0) is 82.2 Å². The number of hydrogen-bond donors (Lipinski definition) is 3. The number of alkyl carbamates (subject to hydrolysis) is 1. The molecule has 1 spiro atoms. The lowest BCUT2D eigenvalue weighted by atomic mass is 9.83. The number of ether oxygens (including phenoxy) is 3. The standard InChI is InChI=1S/C39H51F3N6O7.C5H10.C2H2.CH2O/c1-22(2)20-54-36(52)45-27-13-11-9-7-8-10-12-23-17-38(23,35(51)43-3)46-33(49)29-19-37(21-48(29)34(27)50)18-28(47(4)5)30-25-16-24(53-6)14-15-26(25)44-32(31(30)55-37)39(40,41)42;1-5(2)3-4-5;2*1-2/h10,12,14-16,22-23,27-29H,7-9,11,13,17-21H2,1-6H3,(H,43,51)(H,45,52)(H,46,49);3-4H2,1-2H3;1-2H;1H2/b12-10-;;;/t23-,27+,28?,29?,37-,38?;;;/m1.../s1. The molecule has 2 aromatic rings. The molecule has 2 aliphatic carbocycles. The van der Waals surface area contributed by atoms with Crippen LogP contribution in [0, 0.1) is 30.1 Å². The first-order valence-electron chi connectivity index (χ1n) is 21.7. The van der Waals surface area contributed by atoms with Gasteiger partial charge in [-0.15, -0.1) is 12.8 Å². The number of terminal acetylenes is 1. The number of methoxy groups -OCH3 is 1. The molecule has 0 bridgehead atoms. The number of amides is 4. The second-order valence-corrected chi connectivity index (χ2v) is 18.5. The molecule has 3 N–H and O–H groups in total. The van der Waals surface area contributed by atoms with Crippen molar-refractivity contribution >= 4 is 41.5 Å². The molecule has 4 amide bonds. The fraction of sp³-hybridized carbons (Fsp3) is 0.617. The van der Waals surface area contributed by atoms with Crippen molar-refractivity contribution in [2.75, 3.05) is 41.4 Å². The molecule has 3 aliphatic heterocycles. The topological polar surface area (TPSA) is 168 Å². The molecule has 2 saturated carbocycles. The molecule has 0 radical (unpaired) electrons. The van der Waals surface area contributed by atoms with E-state index >= 15 is 0 Å². The molecular formula is C47H65F3N6O8. The molecule has 3 unspecified atom stereocenters. The first-order chi connectivity index (χ1) is 30.2. The summed E-state index contributed by atoms with van der Waals surface area (Å²) in [6, 6.07) is 1.61. The Morgan fingerprint density at radius 2 is 1.77 bits per heavy atom. The number of fused-ring (bicyclic) bond motifs is 5. The predicted octanol–water partition coefficient (Wildman–Crippen LogP) is 6.75. The van der Waals surface area contributed by atoms with Crippen LogP contribution in [0.5, 0.6) is 11.5 Å². The zero-order valence-electron chi connectivity index (χ0n) is 38.4. The molecule has 6 atom stereocenters. The van der Waals surface area contributed by atoms with Crippen LogP contribution in [-0.2, 0) is 30.1 Å². The minimum Gasteiger partial charge on any atom is -0.497 e. The fourth-order valence-electron chi connectivity index (χ4n) is 8.48. The largest absolute Gasteiger partial charge is 0.497 e. The Morgan fingerprint density at radius 3 is 2.34 bits per heavy atom. The Kier molecular flexibility index (Phi) is 16.9. The van der Waals surface area contributed by atoms with E-state index in [4.69, 9.17) is 19.0 Å². The van der Waals surface area contributed by atoms with Crippen molar-refractivity contribution in [3.63, 3.8) is 0 Å². The number of hydrogen-bond acceptors (Lipinski definition) is 10.